The molecule has 0 aromatic heterocycles. The van der Waals surface area contributed by atoms with E-state index in [0.29, 0.717) is 13.2 Å². The van der Waals surface area contributed by atoms with E-state index in [2.05, 4.69) is 0 Å². The summed E-state index contributed by atoms with van der Waals surface area (Å²) < 4.78 is 5.58. The summed E-state index contributed by atoms with van der Waals surface area (Å²) in [4.78, 5) is 23.6. The summed E-state index contributed by atoms with van der Waals surface area (Å²) in [7, 11) is 0. The topological polar surface area (TPSA) is 43.4 Å². The molecule has 0 heterocycles. The minimum atomic E-state index is -0.410. The molecule has 0 saturated heterocycles. The summed E-state index contributed by atoms with van der Waals surface area (Å²) in [6, 6.07) is 9.80. The Balaban J connectivity index is 2.48. The third kappa shape index (κ3) is 5.66. The highest BCUT2D eigenvalue weighted by Crippen LogP contribution is 2.21. The van der Waals surface area contributed by atoms with Gasteiger partial charge < -0.3 is 4.74 Å². The van der Waals surface area contributed by atoms with Gasteiger partial charge in [-0.3, -0.25) is 9.59 Å². The van der Waals surface area contributed by atoms with Crippen LogP contribution in [0.1, 0.15) is 39.7 Å². The highest BCUT2D eigenvalue weighted by atomic mass is 16.5. The van der Waals surface area contributed by atoms with Crippen molar-refractivity contribution in [1.29, 1.82) is 0 Å². The van der Waals surface area contributed by atoms with E-state index in [1.165, 1.54) is 6.92 Å². The molecule has 0 aliphatic rings. The Labute approximate surface area is 121 Å². The molecule has 1 aromatic rings. The molecule has 1 unspecified atom stereocenters. The van der Waals surface area contributed by atoms with Crippen LogP contribution in [0, 0.1) is 11.3 Å². The molecular formula is C17H24O3. The first-order valence-corrected chi connectivity index (χ1v) is 6.96. The van der Waals surface area contributed by atoms with Crippen LogP contribution in [0.25, 0.3) is 0 Å². The molecule has 1 aromatic carbocycles. The molecule has 0 aliphatic carbocycles. The number of rotatable bonds is 7. The normalized spacial score (nSPS) is 13.0. The molecule has 0 fully saturated rings. The average Bonchev–Trinajstić information content (AvgIpc) is 2.37. The number of ketones is 2. The highest BCUT2D eigenvalue weighted by molar-refractivity contribution is 5.89. The smallest absolute Gasteiger partial charge is 0.139 e. The second-order valence-electron chi connectivity index (χ2n) is 6.19. The van der Waals surface area contributed by atoms with Crippen LogP contribution in [0.3, 0.4) is 0 Å². The molecule has 1 rings (SSSR count). The van der Waals surface area contributed by atoms with Gasteiger partial charge >= 0.3 is 0 Å². The van der Waals surface area contributed by atoms with Gasteiger partial charge in [0.05, 0.1) is 13.2 Å². The number of Topliss-reactive ketones (excluding diaryl/α,β-unsaturated/α-hetero) is 2. The van der Waals surface area contributed by atoms with Crippen LogP contribution in [0.4, 0.5) is 0 Å². The number of carbonyl (C=O) groups is 2. The lowest BCUT2D eigenvalue weighted by atomic mass is 9.84. The Morgan fingerprint density at radius 1 is 1.15 bits per heavy atom. The number of carbonyl (C=O) groups excluding carboxylic acids is 2. The molecular weight excluding hydrogens is 252 g/mol. The third-order valence-electron chi connectivity index (χ3n) is 3.27. The van der Waals surface area contributed by atoms with Crippen molar-refractivity contribution in [3.05, 3.63) is 35.9 Å². The summed E-state index contributed by atoms with van der Waals surface area (Å²) in [5.41, 5.74) is 0.657. The van der Waals surface area contributed by atoms with Gasteiger partial charge in [0.2, 0.25) is 0 Å². The van der Waals surface area contributed by atoms with Gasteiger partial charge in [-0.1, -0.05) is 51.1 Å². The van der Waals surface area contributed by atoms with Crippen LogP contribution in [-0.4, -0.2) is 18.2 Å². The third-order valence-corrected chi connectivity index (χ3v) is 3.27. The first kappa shape index (κ1) is 16.6. The van der Waals surface area contributed by atoms with Crippen LogP contribution in [0.15, 0.2) is 30.3 Å². The van der Waals surface area contributed by atoms with Crippen LogP contribution in [-0.2, 0) is 20.9 Å². The van der Waals surface area contributed by atoms with E-state index in [1.54, 1.807) is 0 Å². The van der Waals surface area contributed by atoms with Crippen molar-refractivity contribution >= 4 is 11.6 Å². The fourth-order valence-corrected chi connectivity index (χ4v) is 1.74. The van der Waals surface area contributed by atoms with Gasteiger partial charge in [-0.25, -0.2) is 0 Å². The summed E-state index contributed by atoms with van der Waals surface area (Å²) in [6.07, 6.45) is 0.258. The maximum absolute atomic E-state index is 12.0. The summed E-state index contributed by atoms with van der Waals surface area (Å²) in [6.45, 7) is 7.90. The average molecular weight is 276 g/mol. The van der Waals surface area contributed by atoms with Crippen LogP contribution in [0.5, 0.6) is 0 Å². The lowest BCUT2D eigenvalue weighted by Gasteiger charge is -2.20. The van der Waals surface area contributed by atoms with Crippen molar-refractivity contribution in [1.82, 2.24) is 0 Å². The van der Waals surface area contributed by atoms with Crippen molar-refractivity contribution in [2.45, 2.75) is 40.7 Å². The molecule has 3 nitrogen and oxygen atoms in total. The van der Waals surface area contributed by atoms with Crippen molar-refractivity contribution in [3.8, 4) is 0 Å². The van der Waals surface area contributed by atoms with Gasteiger partial charge in [0.1, 0.15) is 11.6 Å². The van der Waals surface area contributed by atoms with Gasteiger partial charge in [0.15, 0.2) is 0 Å². The minimum Gasteiger partial charge on any atom is -0.376 e. The maximum atomic E-state index is 12.0. The second kappa shape index (κ2) is 7.34. The van der Waals surface area contributed by atoms with Gasteiger partial charge in [-0.15, -0.1) is 0 Å². The predicted molar refractivity (Wildman–Crippen MR) is 79.3 cm³/mol. The quantitative estimate of drug-likeness (QED) is 0.766. The minimum absolute atomic E-state index is 0.00987. The highest BCUT2D eigenvalue weighted by Gasteiger charge is 2.26. The summed E-state index contributed by atoms with van der Waals surface area (Å²) in [5, 5.41) is 0. The Morgan fingerprint density at radius 3 is 2.25 bits per heavy atom. The van der Waals surface area contributed by atoms with E-state index in [1.807, 2.05) is 51.1 Å². The lowest BCUT2D eigenvalue weighted by Crippen LogP contribution is -2.28. The molecule has 1 atom stereocenters. The van der Waals surface area contributed by atoms with E-state index in [0.717, 1.165) is 5.56 Å². The molecule has 0 radical (unpaired) electrons. The van der Waals surface area contributed by atoms with Gasteiger partial charge in [-0.05, 0) is 12.5 Å². The van der Waals surface area contributed by atoms with Crippen LogP contribution in [0.2, 0.25) is 0 Å². The Hall–Kier alpha value is -1.48. The van der Waals surface area contributed by atoms with Crippen LogP contribution < -0.4 is 0 Å². The molecule has 0 N–H and O–H groups in total. The Kier molecular flexibility index (Phi) is 6.08. The molecule has 0 amide bonds. The fourth-order valence-electron chi connectivity index (χ4n) is 1.74. The molecule has 0 saturated carbocycles. The number of ether oxygens (including phenoxy) is 1. The fraction of sp³-hybridized carbons (Fsp3) is 0.529. The summed E-state index contributed by atoms with van der Waals surface area (Å²) >= 11 is 0. The van der Waals surface area contributed by atoms with Gasteiger partial charge in [0.25, 0.3) is 0 Å². The molecule has 0 bridgehead atoms. The standard InChI is InChI=1S/C17H24O3/c1-13(18)15(10-16(19)17(2,3)4)12-20-11-14-8-6-5-7-9-14/h5-9,15H,10-12H2,1-4H3. The Morgan fingerprint density at radius 2 is 1.75 bits per heavy atom. The number of benzene rings is 1. The zero-order valence-electron chi connectivity index (χ0n) is 12.8. The molecule has 0 spiro atoms. The van der Waals surface area contributed by atoms with E-state index in [9.17, 15) is 9.59 Å². The van der Waals surface area contributed by atoms with Crippen molar-refractivity contribution < 1.29 is 14.3 Å². The lowest BCUT2D eigenvalue weighted by molar-refractivity contribution is -0.132. The molecule has 20 heavy (non-hydrogen) atoms. The van der Waals surface area contributed by atoms with Crippen LogP contribution >= 0.6 is 0 Å². The first-order chi connectivity index (χ1) is 9.30. The monoisotopic (exact) mass is 276 g/mol. The largest absolute Gasteiger partial charge is 0.376 e. The number of hydrogen-bond acceptors (Lipinski definition) is 3. The maximum Gasteiger partial charge on any atom is 0.139 e. The SMILES string of the molecule is CC(=O)C(COCc1ccccc1)CC(=O)C(C)(C)C. The predicted octanol–water partition coefficient (Wildman–Crippen LogP) is 3.41. The van der Waals surface area contributed by atoms with E-state index in [-0.39, 0.29) is 23.9 Å². The van der Waals surface area contributed by atoms with E-state index < -0.39 is 5.41 Å². The molecule has 3 heteroatoms. The molecule has 110 valence electrons. The van der Waals surface area contributed by atoms with E-state index in [4.69, 9.17) is 4.74 Å². The summed E-state index contributed by atoms with van der Waals surface area (Å²) in [5.74, 6) is -0.234. The van der Waals surface area contributed by atoms with Crippen molar-refractivity contribution in [2.24, 2.45) is 11.3 Å². The van der Waals surface area contributed by atoms with Crippen molar-refractivity contribution in [3.63, 3.8) is 0 Å². The van der Waals surface area contributed by atoms with E-state index >= 15 is 0 Å². The van der Waals surface area contributed by atoms with Crippen molar-refractivity contribution in [2.75, 3.05) is 6.61 Å². The number of hydrogen-bond donors (Lipinski definition) is 0. The van der Waals surface area contributed by atoms with Gasteiger partial charge in [-0.2, -0.15) is 0 Å². The zero-order chi connectivity index (χ0) is 15.2. The van der Waals surface area contributed by atoms with Gasteiger partial charge in [0, 0.05) is 17.8 Å². The molecule has 0 aliphatic heterocycles. The Bertz CT molecular complexity index is 443. The second-order valence-corrected chi connectivity index (χ2v) is 6.19. The zero-order valence-corrected chi connectivity index (χ0v) is 12.8. The first-order valence-electron chi connectivity index (χ1n) is 6.96.